The first-order chi connectivity index (χ1) is 20.2. The van der Waals surface area contributed by atoms with E-state index in [9.17, 15) is 29.4 Å². The Labute approximate surface area is 259 Å². The molecule has 252 valence electrons. The lowest BCUT2D eigenvalue weighted by molar-refractivity contribution is -0.295. The van der Waals surface area contributed by atoms with Crippen LogP contribution in [0.15, 0.2) is 0 Å². The predicted octanol–water partition coefficient (Wildman–Crippen LogP) is 2.02. The van der Waals surface area contributed by atoms with Gasteiger partial charge in [0.25, 0.3) is 0 Å². The molecule has 0 spiro atoms. The molecule has 0 aromatic rings. The average Bonchev–Trinajstić information content (AvgIpc) is 3.28. The Morgan fingerprint density at radius 3 is 2.18 bits per heavy atom. The highest BCUT2D eigenvalue weighted by Crippen LogP contribution is 2.43. The summed E-state index contributed by atoms with van der Waals surface area (Å²) in [4.78, 5) is 55.6. The van der Waals surface area contributed by atoms with Crippen molar-refractivity contribution in [1.82, 2.24) is 4.90 Å². The van der Waals surface area contributed by atoms with Gasteiger partial charge >= 0.3 is 12.1 Å². The summed E-state index contributed by atoms with van der Waals surface area (Å²) < 4.78 is 35.0. The maximum absolute atomic E-state index is 14.0. The van der Waals surface area contributed by atoms with Gasteiger partial charge in [-0.15, -0.1) is 0 Å². The topological polar surface area (TPSA) is 167 Å². The van der Waals surface area contributed by atoms with Crippen LogP contribution in [0.1, 0.15) is 74.7 Å². The monoisotopic (exact) mass is 629 g/mol. The van der Waals surface area contributed by atoms with Gasteiger partial charge in [0.05, 0.1) is 17.8 Å². The van der Waals surface area contributed by atoms with Crippen molar-refractivity contribution in [3.8, 4) is 0 Å². The molecular formula is C31H51NO12. The Morgan fingerprint density at radius 1 is 1.02 bits per heavy atom. The van der Waals surface area contributed by atoms with Gasteiger partial charge in [-0.05, 0) is 68.0 Å². The van der Waals surface area contributed by atoms with Crippen molar-refractivity contribution >= 4 is 23.7 Å². The highest BCUT2D eigenvalue weighted by Gasteiger charge is 2.64. The molecule has 3 aliphatic rings. The zero-order valence-electron chi connectivity index (χ0n) is 27.8. The maximum Gasteiger partial charge on any atom is 0.509 e. The Kier molecular flexibility index (Phi) is 11.0. The summed E-state index contributed by atoms with van der Waals surface area (Å²) in [5.74, 6) is -5.30. The third kappa shape index (κ3) is 6.68. The molecule has 3 rings (SSSR count). The number of hydrogen-bond acceptors (Lipinski definition) is 13. The SMILES string of the molecule is CC[C@H]1OC(=O)[C@H](C)C(=O)[C@H](C)[C@@H](O[C@@H]2O[C@H](C)C[C@H](N(C)C)[C@H]2O)[C@](C)(OC)C[C@@H](C)C(=O)[C@@](C)(O)[C@H]2OC(=O)O[C@]12C. The molecule has 13 atom stereocenters. The fourth-order valence-corrected chi connectivity index (χ4v) is 7.12. The summed E-state index contributed by atoms with van der Waals surface area (Å²) in [7, 11) is 5.08. The summed E-state index contributed by atoms with van der Waals surface area (Å²) >= 11 is 0. The van der Waals surface area contributed by atoms with E-state index in [1.54, 1.807) is 27.7 Å². The number of carbonyl (C=O) groups excluding carboxylic acids is 4. The quantitative estimate of drug-likeness (QED) is 0.335. The molecule has 3 heterocycles. The minimum absolute atomic E-state index is 0.0511. The number of methoxy groups -OCH3 is 1. The number of esters is 1. The molecule has 2 N–H and O–H groups in total. The van der Waals surface area contributed by atoms with E-state index in [-0.39, 0.29) is 25.0 Å². The lowest BCUT2D eigenvalue weighted by Crippen LogP contribution is -2.63. The first-order valence-electron chi connectivity index (χ1n) is 15.4. The van der Waals surface area contributed by atoms with Crippen LogP contribution in [-0.4, -0.2) is 120 Å². The third-order valence-corrected chi connectivity index (χ3v) is 9.78. The summed E-state index contributed by atoms with van der Waals surface area (Å²) in [6, 6.07) is -0.303. The van der Waals surface area contributed by atoms with Gasteiger partial charge in [0.1, 0.15) is 18.1 Å². The van der Waals surface area contributed by atoms with Crippen molar-refractivity contribution in [3.63, 3.8) is 0 Å². The van der Waals surface area contributed by atoms with Crippen LogP contribution in [0.4, 0.5) is 4.79 Å². The highest BCUT2D eigenvalue weighted by molar-refractivity contribution is 6.00. The van der Waals surface area contributed by atoms with E-state index >= 15 is 0 Å². The smallest absolute Gasteiger partial charge is 0.457 e. The third-order valence-electron chi connectivity index (χ3n) is 9.78. The van der Waals surface area contributed by atoms with Gasteiger partial charge in [-0.3, -0.25) is 14.4 Å². The minimum atomic E-state index is -2.26. The van der Waals surface area contributed by atoms with Crippen molar-refractivity contribution in [2.24, 2.45) is 17.8 Å². The van der Waals surface area contributed by atoms with Gasteiger partial charge in [0.15, 0.2) is 35.2 Å². The number of rotatable bonds is 5. The van der Waals surface area contributed by atoms with Crippen LogP contribution in [0.3, 0.4) is 0 Å². The molecule has 0 unspecified atom stereocenters. The number of Topliss-reactive ketones (excluding diaryl/α,β-unsaturated/α-hetero) is 2. The average molecular weight is 630 g/mol. The highest BCUT2D eigenvalue weighted by atomic mass is 16.8. The predicted molar refractivity (Wildman–Crippen MR) is 155 cm³/mol. The van der Waals surface area contributed by atoms with Crippen LogP contribution < -0.4 is 0 Å². The Morgan fingerprint density at radius 2 is 1.64 bits per heavy atom. The number of aliphatic hydroxyl groups is 2. The first kappa shape index (κ1) is 36.3. The summed E-state index contributed by atoms with van der Waals surface area (Å²) in [6.45, 7) is 12.4. The van der Waals surface area contributed by atoms with Gasteiger partial charge < -0.3 is 43.5 Å². The number of hydrogen-bond donors (Lipinski definition) is 2. The number of fused-ring (bicyclic) bond motifs is 1. The van der Waals surface area contributed by atoms with Crippen molar-refractivity contribution in [2.75, 3.05) is 21.2 Å². The van der Waals surface area contributed by atoms with E-state index in [1.165, 1.54) is 27.9 Å². The number of ether oxygens (including phenoxy) is 6. The second-order valence-corrected chi connectivity index (χ2v) is 13.5. The van der Waals surface area contributed by atoms with Crippen LogP contribution in [0, 0.1) is 17.8 Å². The maximum atomic E-state index is 14.0. The minimum Gasteiger partial charge on any atom is -0.457 e. The normalized spacial score (nSPS) is 46.1. The van der Waals surface area contributed by atoms with Crippen LogP contribution >= 0.6 is 0 Å². The van der Waals surface area contributed by atoms with Crippen LogP contribution in [0.5, 0.6) is 0 Å². The summed E-state index contributed by atoms with van der Waals surface area (Å²) in [5.41, 5.74) is -5.37. The number of cyclic esters (lactones) is 1. The second-order valence-electron chi connectivity index (χ2n) is 13.5. The molecule has 3 fully saturated rings. The fraction of sp³-hybridized carbons (Fsp3) is 0.871. The molecule has 0 radical (unpaired) electrons. The van der Waals surface area contributed by atoms with Gasteiger partial charge in [-0.25, -0.2) is 4.79 Å². The van der Waals surface area contributed by atoms with E-state index in [4.69, 9.17) is 28.4 Å². The summed E-state index contributed by atoms with van der Waals surface area (Å²) in [6.07, 6.45) is -6.82. The molecule has 0 aliphatic carbocycles. The molecule has 3 saturated heterocycles. The molecular weight excluding hydrogens is 578 g/mol. The standard InChI is InChI=1S/C31H51NO12/c1-12-20-31(8)27(43-28(37)44-31)30(7,38)23(35)15(2)14-29(6,39-11)24(17(4)21(33)18(5)25(36)41-20)42-26-22(34)19(32(9)10)13-16(3)40-26/h15-20,22,24,26-27,34,38H,12-14H2,1-11H3/t15-,16-,17+,18-,19+,20-,22-,24-,26+,27-,29-,30-,31-/m1/s1. The number of nitrogens with zero attached hydrogens (tertiary/aromatic N) is 1. The van der Waals surface area contributed by atoms with Crippen molar-refractivity contribution in [2.45, 2.75) is 134 Å². The molecule has 0 saturated carbocycles. The molecule has 0 bridgehead atoms. The zero-order chi connectivity index (χ0) is 33.5. The molecule has 44 heavy (non-hydrogen) atoms. The molecule has 0 aromatic carbocycles. The van der Waals surface area contributed by atoms with Gasteiger partial charge in [-0.1, -0.05) is 20.8 Å². The molecule has 3 aliphatic heterocycles. The van der Waals surface area contributed by atoms with E-state index in [0.29, 0.717) is 6.42 Å². The van der Waals surface area contributed by atoms with Crippen molar-refractivity contribution < 1.29 is 57.8 Å². The number of carbonyl (C=O) groups is 4. The van der Waals surface area contributed by atoms with Gasteiger partial charge in [0.2, 0.25) is 0 Å². The van der Waals surface area contributed by atoms with Crippen LogP contribution in [0.25, 0.3) is 0 Å². The summed E-state index contributed by atoms with van der Waals surface area (Å²) in [5, 5.41) is 22.9. The molecule has 0 aromatic heterocycles. The Balaban J connectivity index is 2.13. The first-order valence-corrected chi connectivity index (χ1v) is 15.4. The van der Waals surface area contributed by atoms with Gasteiger partial charge in [0, 0.05) is 25.0 Å². The zero-order valence-corrected chi connectivity index (χ0v) is 27.8. The lowest BCUT2D eigenvalue weighted by Gasteiger charge is -2.47. The van der Waals surface area contributed by atoms with Crippen molar-refractivity contribution in [1.29, 1.82) is 0 Å². The largest absolute Gasteiger partial charge is 0.509 e. The Hall–Kier alpha value is -2.16. The van der Waals surface area contributed by atoms with Crippen LogP contribution in [0.2, 0.25) is 0 Å². The van der Waals surface area contributed by atoms with E-state index in [0.717, 1.165) is 0 Å². The van der Waals surface area contributed by atoms with Crippen LogP contribution in [-0.2, 0) is 42.8 Å². The number of likely N-dealkylation sites (N-methyl/N-ethyl adjacent to an activating group) is 1. The molecule has 0 amide bonds. The van der Waals surface area contributed by atoms with E-state index < -0.39 is 89.0 Å². The van der Waals surface area contributed by atoms with E-state index in [1.807, 2.05) is 25.9 Å². The Bertz CT molecular complexity index is 1100. The lowest BCUT2D eigenvalue weighted by atomic mass is 9.72. The number of aliphatic hydroxyl groups excluding tert-OH is 1. The number of ketones is 2. The van der Waals surface area contributed by atoms with Gasteiger partial charge in [-0.2, -0.15) is 0 Å². The van der Waals surface area contributed by atoms with Crippen molar-refractivity contribution in [3.05, 3.63) is 0 Å². The molecule has 13 heteroatoms. The van der Waals surface area contributed by atoms with E-state index in [2.05, 4.69) is 0 Å². The second kappa shape index (κ2) is 13.3. The molecule has 13 nitrogen and oxygen atoms in total. The fourth-order valence-electron chi connectivity index (χ4n) is 7.12.